The van der Waals surface area contributed by atoms with Gasteiger partial charge < -0.3 is 0 Å². The van der Waals surface area contributed by atoms with Crippen LogP contribution in [0.2, 0.25) is 0 Å². The van der Waals surface area contributed by atoms with Gasteiger partial charge in [0.25, 0.3) is 0 Å². The van der Waals surface area contributed by atoms with Crippen LogP contribution < -0.4 is 0 Å². The average Bonchev–Trinajstić information content (AvgIpc) is 2.54. The zero-order valence-electron chi connectivity index (χ0n) is 12.1. The van der Waals surface area contributed by atoms with E-state index >= 15 is 0 Å². The molecule has 0 unspecified atom stereocenters. The predicted octanol–water partition coefficient (Wildman–Crippen LogP) is 4.31. The second-order valence-electron chi connectivity index (χ2n) is 5.11. The Labute approximate surface area is 125 Å². The van der Waals surface area contributed by atoms with Gasteiger partial charge in [-0.05, 0) is 21.9 Å². The smallest absolute Gasteiger partial charge is 0.0613 e. The van der Waals surface area contributed by atoms with Gasteiger partial charge in [0.1, 0.15) is 0 Å². The molecule has 104 valence electrons. The number of fused-ring (bicyclic) bond motifs is 1. The highest BCUT2D eigenvalue weighted by atomic mass is 15.4. The van der Waals surface area contributed by atoms with Gasteiger partial charge in [-0.3, -0.25) is 5.01 Å². The van der Waals surface area contributed by atoms with Gasteiger partial charge in [-0.15, -0.1) is 0 Å². The Morgan fingerprint density at radius 3 is 2.43 bits per heavy atom. The van der Waals surface area contributed by atoms with Crippen molar-refractivity contribution >= 4 is 17.0 Å². The number of hydrazone groups is 1. The van der Waals surface area contributed by atoms with E-state index < -0.39 is 0 Å². The zero-order chi connectivity index (χ0) is 14.5. The van der Waals surface area contributed by atoms with E-state index in [1.54, 1.807) is 0 Å². The first-order valence-corrected chi connectivity index (χ1v) is 7.10. The van der Waals surface area contributed by atoms with E-state index in [0.29, 0.717) is 0 Å². The topological polar surface area (TPSA) is 15.6 Å². The summed E-state index contributed by atoms with van der Waals surface area (Å²) >= 11 is 0. The Bertz CT molecular complexity index is 742. The first-order chi connectivity index (χ1) is 10.3. The molecule has 0 aliphatic heterocycles. The lowest BCUT2D eigenvalue weighted by Gasteiger charge is -2.14. The lowest BCUT2D eigenvalue weighted by molar-refractivity contribution is 0.350. The molecule has 3 rings (SSSR count). The SMILES string of the molecule is CN(Cc1cccc2ccccc12)/N=C/c1ccccc1. The summed E-state index contributed by atoms with van der Waals surface area (Å²) in [6.45, 7) is 0.796. The highest BCUT2D eigenvalue weighted by molar-refractivity contribution is 5.85. The van der Waals surface area contributed by atoms with Gasteiger partial charge in [0.2, 0.25) is 0 Å². The van der Waals surface area contributed by atoms with E-state index in [1.807, 2.05) is 36.5 Å². The van der Waals surface area contributed by atoms with Crippen molar-refractivity contribution in [2.75, 3.05) is 7.05 Å². The van der Waals surface area contributed by atoms with Crippen LogP contribution in [0.3, 0.4) is 0 Å². The van der Waals surface area contributed by atoms with Gasteiger partial charge in [-0.25, -0.2) is 0 Å². The Hall–Kier alpha value is -2.61. The van der Waals surface area contributed by atoms with Crippen LogP contribution >= 0.6 is 0 Å². The van der Waals surface area contributed by atoms with Crippen molar-refractivity contribution in [2.45, 2.75) is 6.54 Å². The molecule has 21 heavy (non-hydrogen) atoms. The minimum Gasteiger partial charge on any atom is -0.296 e. The standard InChI is InChI=1S/C19H18N2/c1-21(20-14-16-8-3-2-4-9-16)15-18-12-7-11-17-10-5-6-13-19(17)18/h2-14H,15H2,1H3/b20-14+. The van der Waals surface area contributed by atoms with E-state index in [-0.39, 0.29) is 0 Å². The van der Waals surface area contributed by atoms with Crippen LogP contribution in [0.4, 0.5) is 0 Å². The molecular formula is C19H18N2. The fraction of sp³-hybridized carbons (Fsp3) is 0.105. The van der Waals surface area contributed by atoms with Crippen molar-refractivity contribution in [1.82, 2.24) is 5.01 Å². The Balaban J connectivity index is 1.77. The summed E-state index contributed by atoms with van der Waals surface area (Å²) in [6, 6.07) is 25.0. The highest BCUT2D eigenvalue weighted by Gasteiger charge is 2.02. The molecule has 0 amide bonds. The summed E-state index contributed by atoms with van der Waals surface area (Å²) in [7, 11) is 2.00. The van der Waals surface area contributed by atoms with Gasteiger partial charge in [0.15, 0.2) is 0 Å². The molecule has 0 N–H and O–H groups in total. The summed E-state index contributed by atoms with van der Waals surface area (Å²) in [4.78, 5) is 0. The molecule has 0 atom stereocenters. The minimum absolute atomic E-state index is 0.796. The summed E-state index contributed by atoms with van der Waals surface area (Å²) in [5, 5.41) is 9.04. The van der Waals surface area contributed by atoms with Gasteiger partial charge in [-0.1, -0.05) is 72.8 Å². The van der Waals surface area contributed by atoms with Crippen molar-refractivity contribution in [3.63, 3.8) is 0 Å². The first kappa shape index (κ1) is 13.4. The molecule has 0 radical (unpaired) electrons. The molecule has 0 aliphatic rings. The summed E-state index contributed by atoms with van der Waals surface area (Å²) < 4.78 is 0. The van der Waals surface area contributed by atoms with Gasteiger partial charge >= 0.3 is 0 Å². The van der Waals surface area contributed by atoms with Crippen molar-refractivity contribution in [3.05, 3.63) is 83.9 Å². The van der Waals surface area contributed by atoms with E-state index in [4.69, 9.17) is 0 Å². The summed E-state index contributed by atoms with van der Waals surface area (Å²) in [5.74, 6) is 0. The van der Waals surface area contributed by atoms with Gasteiger partial charge in [0, 0.05) is 7.05 Å². The van der Waals surface area contributed by atoms with Crippen LogP contribution in [0, 0.1) is 0 Å². The van der Waals surface area contributed by atoms with Gasteiger partial charge in [0.05, 0.1) is 12.8 Å². The third kappa shape index (κ3) is 3.29. The van der Waals surface area contributed by atoms with Crippen LogP contribution in [-0.4, -0.2) is 18.3 Å². The number of nitrogens with zero attached hydrogens (tertiary/aromatic N) is 2. The number of rotatable bonds is 4. The van der Waals surface area contributed by atoms with Crippen molar-refractivity contribution in [3.8, 4) is 0 Å². The average molecular weight is 274 g/mol. The molecule has 0 bridgehead atoms. The maximum atomic E-state index is 4.50. The van der Waals surface area contributed by atoms with Crippen LogP contribution in [0.1, 0.15) is 11.1 Å². The molecule has 3 aromatic rings. The maximum absolute atomic E-state index is 4.50. The van der Waals surface area contributed by atoms with Crippen LogP contribution in [0.25, 0.3) is 10.8 Å². The van der Waals surface area contributed by atoms with Crippen molar-refractivity contribution in [1.29, 1.82) is 0 Å². The summed E-state index contributed by atoms with van der Waals surface area (Å²) in [5.41, 5.74) is 2.41. The summed E-state index contributed by atoms with van der Waals surface area (Å²) in [6.07, 6.45) is 1.89. The largest absolute Gasteiger partial charge is 0.296 e. The second-order valence-corrected chi connectivity index (χ2v) is 5.11. The third-order valence-electron chi connectivity index (χ3n) is 3.48. The lowest BCUT2D eigenvalue weighted by Crippen LogP contribution is -2.11. The van der Waals surface area contributed by atoms with E-state index in [2.05, 4.69) is 59.7 Å². The maximum Gasteiger partial charge on any atom is 0.0613 e. The molecule has 2 heteroatoms. The lowest BCUT2D eigenvalue weighted by atomic mass is 10.0. The molecule has 0 saturated carbocycles. The van der Waals surface area contributed by atoms with Crippen molar-refractivity contribution in [2.24, 2.45) is 5.10 Å². The molecule has 0 fully saturated rings. The van der Waals surface area contributed by atoms with E-state index in [0.717, 1.165) is 12.1 Å². The second kappa shape index (κ2) is 6.23. The molecule has 2 nitrogen and oxygen atoms in total. The third-order valence-corrected chi connectivity index (χ3v) is 3.48. The predicted molar refractivity (Wildman–Crippen MR) is 89.5 cm³/mol. The van der Waals surface area contributed by atoms with Crippen LogP contribution in [0.15, 0.2) is 77.9 Å². The molecule has 0 spiro atoms. The normalized spacial score (nSPS) is 11.1. The minimum atomic E-state index is 0.796. The Kier molecular flexibility index (Phi) is 3.97. The molecule has 0 saturated heterocycles. The van der Waals surface area contributed by atoms with E-state index in [9.17, 15) is 0 Å². The van der Waals surface area contributed by atoms with Crippen LogP contribution in [-0.2, 0) is 6.54 Å². The number of hydrogen-bond acceptors (Lipinski definition) is 2. The molecule has 0 aliphatic carbocycles. The fourth-order valence-corrected chi connectivity index (χ4v) is 2.42. The number of hydrogen-bond donors (Lipinski definition) is 0. The zero-order valence-corrected chi connectivity index (χ0v) is 12.1. The molecular weight excluding hydrogens is 256 g/mol. The number of benzene rings is 3. The first-order valence-electron chi connectivity index (χ1n) is 7.10. The van der Waals surface area contributed by atoms with Crippen molar-refractivity contribution < 1.29 is 0 Å². The fourth-order valence-electron chi connectivity index (χ4n) is 2.42. The molecule has 3 aromatic carbocycles. The molecule has 0 heterocycles. The highest BCUT2D eigenvalue weighted by Crippen LogP contribution is 2.19. The Morgan fingerprint density at radius 1 is 0.857 bits per heavy atom. The quantitative estimate of drug-likeness (QED) is 0.511. The Morgan fingerprint density at radius 2 is 1.57 bits per heavy atom. The van der Waals surface area contributed by atoms with Gasteiger partial charge in [-0.2, -0.15) is 5.10 Å². The van der Waals surface area contributed by atoms with E-state index in [1.165, 1.54) is 16.3 Å². The molecule has 0 aromatic heterocycles. The monoisotopic (exact) mass is 274 g/mol. The van der Waals surface area contributed by atoms with Crippen LogP contribution in [0.5, 0.6) is 0 Å².